The molecule has 3 N–H and O–H groups in total. The van der Waals surface area contributed by atoms with Crippen LogP contribution < -0.4 is 16.8 Å². The Labute approximate surface area is 225 Å². The minimum Gasteiger partial charge on any atom is -0.291 e. The van der Waals surface area contributed by atoms with E-state index in [0.29, 0.717) is 0 Å². The zero-order valence-corrected chi connectivity index (χ0v) is 21.5. The molecule has 3 aromatic carbocycles. The molecule has 1 radical (unpaired) electrons. The van der Waals surface area contributed by atoms with Crippen LogP contribution >= 0.6 is 0 Å². The summed E-state index contributed by atoms with van der Waals surface area (Å²) in [5.74, 6) is 0. The van der Waals surface area contributed by atoms with Gasteiger partial charge in [0.1, 0.15) is 0 Å². The summed E-state index contributed by atoms with van der Waals surface area (Å²) in [6, 6.07) is 43.3. The van der Waals surface area contributed by atoms with Crippen molar-refractivity contribution < 1.29 is 26.2 Å². The number of H-pyrrole nitrogens is 3. The largest absolute Gasteiger partial charge is 3.00 e. The Morgan fingerprint density at radius 1 is 0.457 bits per heavy atom. The number of aromatic nitrogens is 6. The minimum atomic E-state index is 0. The van der Waals surface area contributed by atoms with Crippen LogP contribution in [0.5, 0.6) is 0 Å². The molecule has 0 aliphatic carbocycles. The molecule has 6 nitrogen and oxygen atoms in total. The molecular formula is C27H24BN6Zr. The Morgan fingerprint density at radius 2 is 0.743 bits per heavy atom. The maximum atomic E-state index is 3.97. The molecule has 0 amide bonds. The Kier molecular flexibility index (Phi) is 13.9. The van der Waals surface area contributed by atoms with Gasteiger partial charge in [0, 0.05) is 35.4 Å². The molecule has 6 rings (SSSR count). The molecule has 3 heterocycles. The average molecular weight is 535 g/mol. The SMILES string of the molecule is [Zr+3].[c-]1ccccc1.[c-]1ccccc1.[c-]1ccccc1.c1cc(B(c2ccn[nH]2)c2ccn[nH]2)[nH]n1. The van der Waals surface area contributed by atoms with E-state index >= 15 is 0 Å². The second-order valence-electron chi connectivity index (χ2n) is 6.70. The molecule has 0 saturated carbocycles. The molecule has 6 aromatic rings. The predicted molar refractivity (Wildman–Crippen MR) is 136 cm³/mol. The van der Waals surface area contributed by atoms with Crippen molar-refractivity contribution in [3.63, 3.8) is 0 Å². The first-order chi connectivity index (χ1) is 16.9. The van der Waals surface area contributed by atoms with Crippen LogP contribution in [-0.2, 0) is 26.2 Å². The van der Waals surface area contributed by atoms with E-state index in [4.69, 9.17) is 0 Å². The number of rotatable bonds is 3. The minimum absolute atomic E-state index is 0. The van der Waals surface area contributed by atoms with E-state index in [1.807, 2.05) is 109 Å². The Morgan fingerprint density at radius 3 is 0.886 bits per heavy atom. The summed E-state index contributed by atoms with van der Waals surface area (Å²) >= 11 is 0. The Balaban J connectivity index is 0.000000188. The Bertz CT molecular complexity index is 949. The molecule has 0 bridgehead atoms. The summed E-state index contributed by atoms with van der Waals surface area (Å²) in [6.07, 6.45) is 5.19. The molecule has 169 valence electrons. The fourth-order valence-corrected chi connectivity index (χ4v) is 2.81. The maximum absolute atomic E-state index is 3.97. The third kappa shape index (κ3) is 10.8. The van der Waals surface area contributed by atoms with Gasteiger partial charge in [-0.15, -0.1) is 0 Å². The van der Waals surface area contributed by atoms with Crippen LogP contribution in [0.4, 0.5) is 0 Å². The molecule has 0 fully saturated rings. The van der Waals surface area contributed by atoms with Gasteiger partial charge >= 0.3 is 32.9 Å². The number of hydrogen-bond acceptors (Lipinski definition) is 3. The summed E-state index contributed by atoms with van der Waals surface area (Å²) in [5.41, 5.74) is 2.98. The monoisotopic (exact) mass is 533 g/mol. The Hall–Kier alpha value is -3.76. The van der Waals surface area contributed by atoms with Crippen LogP contribution in [0.2, 0.25) is 0 Å². The van der Waals surface area contributed by atoms with Crippen molar-refractivity contribution >= 4 is 23.5 Å². The average Bonchev–Trinajstić information content (AvgIpc) is 3.74. The van der Waals surface area contributed by atoms with E-state index in [1.165, 1.54) is 0 Å². The second kappa shape index (κ2) is 17.7. The molecular weight excluding hydrogens is 510 g/mol. The first-order valence-electron chi connectivity index (χ1n) is 10.7. The summed E-state index contributed by atoms with van der Waals surface area (Å²) in [4.78, 5) is 0. The van der Waals surface area contributed by atoms with Crippen molar-refractivity contribution in [2.45, 2.75) is 0 Å². The van der Waals surface area contributed by atoms with Crippen LogP contribution in [0, 0.1) is 18.2 Å². The summed E-state index contributed by atoms with van der Waals surface area (Å²) in [5, 5.41) is 20.8. The first kappa shape index (κ1) is 27.5. The molecule has 8 heteroatoms. The summed E-state index contributed by atoms with van der Waals surface area (Å²) < 4.78 is 0. The van der Waals surface area contributed by atoms with Gasteiger partial charge < -0.3 is 0 Å². The van der Waals surface area contributed by atoms with E-state index in [-0.39, 0.29) is 32.9 Å². The molecule has 35 heavy (non-hydrogen) atoms. The van der Waals surface area contributed by atoms with Crippen LogP contribution in [0.3, 0.4) is 0 Å². The van der Waals surface area contributed by atoms with E-state index in [2.05, 4.69) is 48.8 Å². The van der Waals surface area contributed by atoms with Gasteiger partial charge in [0.05, 0.1) is 0 Å². The van der Waals surface area contributed by atoms with E-state index in [9.17, 15) is 0 Å². The van der Waals surface area contributed by atoms with Gasteiger partial charge in [-0.05, 0) is 18.2 Å². The zero-order chi connectivity index (χ0) is 23.5. The van der Waals surface area contributed by atoms with E-state index < -0.39 is 0 Å². The fourth-order valence-electron chi connectivity index (χ4n) is 2.81. The number of hydrogen-bond donors (Lipinski definition) is 3. The molecule has 0 aliphatic heterocycles. The van der Waals surface area contributed by atoms with Crippen molar-refractivity contribution in [3.8, 4) is 0 Å². The molecule has 0 unspecified atom stereocenters. The smallest absolute Gasteiger partial charge is 0.291 e. The third-order valence-electron chi connectivity index (χ3n) is 4.32. The van der Waals surface area contributed by atoms with Gasteiger partial charge in [0.25, 0.3) is 0 Å². The van der Waals surface area contributed by atoms with Crippen LogP contribution in [0.15, 0.2) is 128 Å². The first-order valence-corrected chi connectivity index (χ1v) is 10.7. The van der Waals surface area contributed by atoms with Gasteiger partial charge in [-0.2, -0.15) is 124 Å². The van der Waals surface area contributed by atoms with Gasteiger partial charge in [0.2, 0.25) is 0 Å². The van der Waals surface area contributed by atoms with Crippen LogP contribution in [-0.4, -0.2) is 37.3 Å². The number of nitrogens with one attached hydrogen (secondary N) is 3. The normalized spacial score (nSPS) is 8.91. The van der Waals surface area contributed by atoms with Gasteiger partial charge in [-0.1, -0.05) is 0 Å². The molecule has 0 atom stereocenters. The topological polar surface area (TPSA) is 86.0 Å². The maximum Gasteiger partial charge on any atom is 3.00 e. The van der Waals surface area contributed by atoms with Crippen molar-refractivity contribution in [1.29, 1.82) is 0 Å². The third-order valence-corrected chi connectivity index (χ3v) is 4.32. The van der Waals surface area contributed by atoms with E-state index in [1.54, 1.807) is 18.6 Å². The van der Waals surface area contributed by atoms with Gasteiger partial charge in [-0.25, -0.2) is 0 Å². The molecule has 3 aromatic heterocycles. The second-order valence-corrected chi connectivity index (χ2v) is 6.70. The quantitative estimate of drug-likeness (QED) is 0.241. The molecule has 0 aliphatic rings. The summed E-state index contributed by atoms with van der Waals surface area (Å²) in [7, 11) is 0. The molecule has 0 saturated heterocycles. The number of aromatic amines is 3. The fraction of sp³-hybridized carbons (Fsp3) is 0. The number of nitrogens with zero attached hydrogens (tertiary/aromatic N) is 3. The number of benzene rings is 3. The van der Waals surface area contributed by atoms with Crippen molar-refractivity contribution in [3.05, 3.63) is 146 Å². The van der Waals surface area contributed by atoms with Crippen molar-refractivity contribution in [1.82, 2.24) is 30.6 Å². The van der Waals surface area contributed by atoms with Crippen LogP contribution in [0.1, 0.15) is 0 Å². The zero-order valence-electron chi connectivity index (χ0n) is 19.0. The van der Waals surface area contributed by atoms with Gasteiger partial charge in [-0.3, -0.25) is 15.3 Å². The predicted octanol–water partition coefficient (Wildman–Crippen LogP) is 2.83. The molecule has 0 spiro atoms. The standard InChI is InChI=1S/C9H9BN6.3C6H5.Zr/c1-4-11-14-7(1)10(8-2-5-12-15-8)9-3-6-13-16-9;3*1-2-4-6-5-3-1;/h1-6H,(H,11,14)(H,12,15)(H,13,16);3*1-5H;/q;3*-1;+3. The van der Waals surface area contributed by atoms with Crippen molar-refractivity contribution in [2.24, 2.45) is 0 Å². The van der Waals surface area contributed by atoms with Gasteiger partial charge in [0.15, 0.2) is 0 Å². The van der Waals surface area contributed by atoms with Crippen molar-refractivity contribution in [2.75, 3.05) is 0 Å². The summed E-state index contributed by atoms with van der Waals surface area (Å²) in [6.45, 7) is 0.0347. The van der Waals surface area contributed by atoms with Crippen LogP contribution in [0.25, 0.3) is 0 Å². The van der Waals surface area contributed by atoms with E-state index in [0.717, 1.165) is 16.8 Å².